The summed E-state index contributed by atoms with van der Waals surface area (Å²) in [6, 6.07) is 2.86. The van der Waals surface area contributed by atoms with E-state index in [1.165, 1.54) is 12.1 Å². The second-order valence-corrected chi connectivity index (χ2v) is 7.14. The first-order chi connectivity index (χ1) is 8.60. The van der Waals surface area contributed by atoms with Crippen molar-refractivity contribution in [3.05, 3.63) is 34.9 Å². The molecule has 1 aliphatic rings. The lowest BCUT2D eigenvalue weighted by Crippen LogP contribution is -2.57. The van der Waals surface area contributed by atoms with Crippen molar-refractivity contribution in [3.8, 4) is 0 Å². The SMILES string of the molecule is Cc1cc(F)c(C2CC(C)(C)NC(C)(C)C2)c(F)c1. The first kappa shape index (κ1) is 14.4. The predicted molar refractivity (Wildman–Crippen MR) is 74.4 cm³/mol. The molecule has 0 aliphatic carbocycles. The molecule has 1 fully saturated rings. The number of hydrogen-bond acceptors (Lipinski definition) is 1. The quantitative estimate of drug-likeness (QED) is 0.800. The molecule has 0 saturated carbocycles. The zero-order valence-corrected chi connectivity index (χ0v) is 12.4. The lowest BCUT2D eigenvalue weighted by molar-refractivity contribution is 0.158. The van der Waals surface area contributed by atoms with Gasteiger partial charge in [-0.05, 0) is 71.1 Å². The Balaban J connectivity index is 2.42. The summed E-state index contributed by atoms with van der Waals surface area (Å²) in [6.45, 7) is 10.1. The van der Waals surface area contributed by atoms with Gasteiger partial charge < -0.3 is 5.32 Å². The van der Waals surface area contributed by atoms with Gasteiger partial charge in [0, 0.05) is 16.6 Å². The van der Waals surface area contributed by atoms with E-state index in [1.807, 2.05) is 0 Å². The first-order valence-corrected chi connectivity index (χ1v) is 6.84. The fourth-order valence-electron chi connectivity index (χ4n) is 3.63. The van der Waals surface area contributed by atoms with E-state index in [0.29, 0.717) is 5.56 Å². The number of aryl methyl sites for hydroxylation is 1. The summed E-state index contributed by atoms with van der Waals surface area (Å²) < 4.78 is 28.3. The number of hydrogen-bond donors (Lipinski definition) is 1. The molecule has 1 aliphatic heterocycles. The van der Waals surface area contributed by atoms with E-state index in [2.05, 4.69) is 33.0 Å². The van der Waals surface area contributed by atoms with E-state index >= 15 is 0 Å². The van der Waals surface area contributed by atoms with Crippen molar-refractivity contribution in [1.29, 1.82) is 0 Å². The van der Waals surface area contributed by atoms with Gasteiger partial charge in [-0.3, -0.25) is 0 Å². The van der Waals surface area contributed by atoms with Crippen molar-refractivity contribution >= 4 is 0 Å². The molecule has 0 atom stereocenters. The van der Waals surface area contributed by atoms with Gasteiger partial charge in [0.2, 0.25) is 0 Å². The van der Waals surface area contributed by atoms with Crippen LogP contribution in [-0.2, 0) is 0 Å². The molecule has 106 valence electrons. The Morgan fingerprint density at radius 2 is 1.42 bits per heavy atom. The molecule has 2 rings (SSSR count). The molecule has 0 bridgehead atoms. The van der Waals surface area contributed by atoms with Crippen LogP contribution in [0.1, 0.15) is 57.6 Å². The highest BCUT2D eigenvalue weighted by Gasteiger charge is 2.39. The van der Waals surface area contributed by atoms with Gasteiger partial charge in [-0.15, -0.1) is 0 Å². The Morgan fingerprint density at radius 3 is 1.84 bits per heavy atom. The Hall–Kier alpha value is -0.960. The van der Waals surface area contributed by atoms with E-state index in [0.717, 1.165) is 12.8 Å². The Kier molecular flexibility index (Phi) is 3.46. The van der Waals surface area contributed by atoms with Crippen LogP contribution in [0.15, 0.2) is 12.1 Å². The van der Waals surface area contributed by atoms with Crippen LogP contribution in [0.2, 0.25) is 0 Å². The maximum atomic E-state index is 14.1. The number of benzene rings is 1. The second kappa shape index (κ2) is 4.55. The molecule has 3 heteroatoms. The largest absolute Gasteiger partial charge is 0.307 e. The van der Waals surface area contributed by atoms with Crippen LogP contribution in [-0.4, -0.2) is 11.1 Å². The topological polar surface area (TPSA) is 12.0 Å². The summed E-state index contributed by atoms with van der Waals surface area (Å²) in [5.41, 5.74) is 0.659. The molecule has 1 N–H and O–H groups in total. The highest BCUT2D eigenvalue weighted by Crippen LogP contribution is 2.40. The molecule has 0 aromatic heterocycles. The van der Waals surface area contributed by atoms with Crippen molar-refractivity contribution in [2.75, 3.05) is 0 Å². The van der Waals surface area contributed by atoms with Gasteiger partial charge in [0.25, 0.3) is 0 Å². The molecule has 1 aromatic carbocycles. The van der Waals surface area contributed by atoms with Crippen LogP contribution >= 0.6 is 0 Å². The maximum absolute atomic E-state index is 14.1. The monoisotopic (exact) mass is 267 g/mol. The molecular weight excluding hydrogens is 244 g/mol. The van der Waals surface area contributed by atoms with E-state index in [-0.39, 0.29) is 22.6 Å². The van der Waals surface area contributed by atoms with Crippen molar-refractivity contribution in [1.82, 2.24) is 5.32 Å². The average molecular weight is 267 g/mol. The first-order valence-electron chi connectivity index (χ1n) is 6.84. The Bertz CT molecular complexity index is 453. The van der Waals surface area contributed by atoms with Crippen LogP contribution in [0.3, 0.4) is 0 Å². The second-order valence-electron chi connectivity index (χ2n) is 7.14. The van der Waals surface area contributed by atoms with E-state index in [9.17, 15) is 8.78 Å². The van der Waals surface area contributed by atoms with E-state index in [1.54, 1.807) is 6.92 Å². The maximum Gasteiger partial charge on any atom is 0.129 e. The molecule has 19 heavy (non-hydrogen) atoms. The standard InChI is InChI=1S/C16H23F2N/c1-10-6-12(17)14(13(18)7-10)11-8-15(2,3)19-16(4,5)9-11/h6-7,11,19H,8-9H2,1-5H3. The van der Waals surface area contributed by atoms with E-state index in [4.69, 9.17) is 0 Å². The highest BCUT2D eigenvalue weighted by atomic mass is 19.1. The molecule has 1 aromatic rings. The van der Waals surface area contributed by atoms with Crippen LogP contribution in [0.5, 0.6) is 0 Å². The lowest BCUT2D eigenvalue weighted by Gasteiger charge is -2.46. The fraction of sp³-hybridized carbons (Fsp3) is 0.625. The summed E-state index contributed by atoms with van der Waals surface area (Å²) >= 11 is 0. The van der Waals surface area contributed by atoms with Gasteiger partial charge in [0.1, 0.15) is 11.6 Å². The van der Waals surface area contributed by atoms with Gasteiger partial charge in [-0.25, -0.2) is 8.78 Å². The lowest BCUT2D eigenvalue weighted by atomic mass is 9.73. The van der Waals surface area contributed by atoms with Crippen molar-refractivity contribution in [3.63, 3.8) is 0 Å². The number of halogens is 2. The Morgan fingerprint density at radius 1 is 1.00 bits per heavy atom. The van der Waals surface area contributed by atoms with Gasteiger partial charge >= 0.3 is 0 Å². The van der Waals surface area contributed by atoms with Gasteiger partial charge in [-0.2, -0.15) is 0 Å². The number of rotatable bonds is 1. The summed E-state index contributed by atoms with van der Waals surface area (Å²) in [6.07, 6.45) is 1.49. The zero-order chi connectivity index (χ0) is 14.4. The molecule has 1 saturated heterocycles. The van der Waals surface area contributed by atoms with Crippen LogP contribution in [0.25, 0.3) is 0 Å². The normalized spacial score (nSPS) is 22.5. The molecule has 0 unspecified atom stereocenters. The van der Waals surface area contributed by atoms with Crippen molar-refractivity contribution < 1.29 is 8.78 Å². The van der Waals surface area contributed by atoms with Crippen LogP contribution in [0, 0.1) is 18.6 Å². The molecule has 1 heterocycles. The number of nitrogens with one attached hydrogen (secondary N) is 1. The van der Waals surface area contributed by atoms with Gasteiger partial charge in [0.05, 0.1) is 0 Å². The molecule has 0 amide bonds. The average Bonchev–Trinajstić information content (AvgIpc) is 2.09. The minimum absolute atomic E-state index is 0.0770. The van der Waals surface area contributed by atoms with Gasteiger partial charge in [-0.1, -0.05) is 0 Å². The minimum Gasteiger partial charge on any atom is -0.307 e. The summed E-state index contributed by atoms with van der Waals surface area (Å²) in [5, 5.41) is 3.54. The summed E-state index contributed by atoms with van der Waals surface area (Å²) in [5.74, 6) is -0.890. The van der Waals surface area contributed by atoms with Gasteiger partial charge in [0.15, 0.2) is 0 Å². The van der Waals surface area contributed by atoms with Crippen molar-refractivity contribution in [2.24, 2.45) is 0 Å². The summed E-state index contributed by atoms with van der Waals surface area (Å²) in [4.78, 5) is 0. The predicted octanol–water partition coefficient (Wildman–Crippen LogP) is 4.30. The van der Waals surface area contributed by atoms with Crippen molar-refractivity contribution in [2.45, 2.75) is 64.5 Å². The third kappa shape index (κ3) is 3.14. The smallest absolute Gasteiger partial charge is 0.129 e. The van der Waals surface area contributed by atoms with Crippen LogP contribution < -0.4 is 5.32 Å². The Labute approximate surface area is 114 Å². The molecule has 1 nitrogen and oxygen atoms in total. The van der Waals surface area contributed by atoms with Crippen LogP contribution in [0.4, 0.5) is 8.78 Å². The number of piperidine rings is 1. The highest BCUT2D eigenvalue weighted by molar-refractivity contribution is 5.30. The molecule has 0 radical (unpaired) electrons. The zero-order valence-electron chi connectivity index (χ0n) is 12.4. The third-order valence-corrected chi connectivity index (χ3v) is 3.82. The third-order valence-electron chi connectivity index (χ3n) is 3.82. The summed E-state index contributed by atoms with van der Waals surface area (Å²) in [7, 11) is 0. The molecule has 0 spiro atoms. The minimum atomic E-state index is -0.406. The fourth-order valence-corrected chi connectivity index (χ4v) is 3.63. The molecular formula is C16H23F2N. The van der Waals surface area contributed by atoms with E-state index < -0.39 is 11.6 Å².